The van der Waals surface area contributed by atoms with Crippen molar-refractivity contribution in [2.45, 2.75) is 33.0 Å². The fourth-order valence-electron chi connectivity index (χ4n) is 3.34. The Morgan fingerprint density at radius 1 is 1.18 bits per heavy atom. The number of hydrogen-bond acceptors (Lipinski definition) is 4. The molecule has 0 atom stereocenters. The molecule has 2 aromatic carbocycles. The Balaban J connectivity index is 1.43. The van der Waals surface area contributed by atoms with Crippen molar-refractivity contribution in [3.05, 3.63) is 63.9 Å². The van der Waals surface area contributed by atoms with Gasteiger partial charge in [0.05, 0.1) is 23.1 Å². The van der Waals surface area contributed by atoms with Gasteiger partial charge in [0.25, 0.3) is 0 Å². The molecule has 0 unspecified atom stereocenters. The first kappa shape index (κ1) is 18.3. The highest BCUT2D eigenvalue weighted by Crippen LogP contribution is 2.19. The molecule has 144 valence electrons. The van der Waals surface area contributed by atoms with Crippen LogP contribution in [0.2, 0.25) is 5.02 Å². The normalized spacial score (nSPS) is 11.4. The lowest BCUT2D eigenvalue weighted by molar-refractivity contribution is -0.121. The molecule has 7 nitrogen and oxygen atoms in total. The Labute approximate surface area is 165 Å². The van der Waals surface area contributed by atoms with Crippen LogP contribution in [0.1, 0.15) is 19.2 Å². The minimum atomic E-state index is -0.502. The molecule has 0 spiro atoms. The van der Waals surface area contributed by atoms with Crippen molar-refractivity contribution in [1.82, 2.24) is 19.4 Å². The van der Waals surface area contributed by atoms with Gasteiger partial charge < -0.3 is 14.3 Å². The molecule has 0 aliphatic heterocycles. The zero-order valence-electron chi connectivity index (χ0n) is 15.3. The molecular formula is C20H19ClN4O3. The van der Waals surface area contributed by atoms with Crippen molar-refractivity contribution in [1.29, 1.82) is 0 Å². The number of carbonyl (C=O) groups is 1. The van der Waals surface area contributed by atoms with Crippen LogP contribution < -0.4 is 11.1 Å². The van der Waals surface area contributed by atoms with Crippen LogP contribution in [0.25, 0.3) is 22.1 Å². The predicted molar refractivity (Wildman–Crippen MR) is 107 cm³/mol. The summed E-state index contributed by atoms with van der Waals surface area (Å²) in [6.07, 6.45) is 0.156. The Bertz CT molecular complexity index is 1220. The fourth-order valence-corrected chi connectivity index (χ4v) is 3.51. The molecule has 4 rings (SSSR count). The third-order valence-corrected chi connectivity index (χ3v) is 4.92. The third kappa shape index (κ3) is 3.41. The Kier molecular flexibility index (Phi) is 4.92. The van der Waals surface area contributed by atoms with E-state index < -0.39 is 5.76 Å². The molecule has 28 heavy (non-hydrogen) atoms. The maximum atomic E-state index is 12.3. The van der Waals surface area contributed by atoms with Gasteiger partial charge in [-0.25, -0.2) is 9.78 Å². The summed E-state index contributed by atoms with van der Waals surface area (Å²) in [5.41, 5.74) is 2.98. The van der Waals surface area contributed by atoms with E-state index in [0.29, 0.717) is 22.7 Å². The van der Waals surface area contributed by atoms with Gasteiger partial charge in [-0.15, -0.1) is 0 Å². The number of rotatable bonds is 6. The van der Waals surface area contributed by atoms with Crippen molar-refractivity contribution in [2.24, 2.45) is 0 Å². The topological polar surface area (TPSA) is 82.1 Å². The average molecular weight is 399 g/mol. The molecular weight excluding hydrogens is 380 g/mol. The highest BCUT2D eigenvalue weighted by molar-refractivity contribution is 6.31. The quantitative estimate of drug-likeness (QED) is 0.540. The van der Waals surface area contributed by atoms with E-state index >= 15 is 0 Å². The second-order valence-corrected chi connectivity index (χ2v) is 6.86. The van der Waals surface area contributed by atoms with E-state index in [2.05, 4.69) is 14.9 Å². The maximum Gasteiger partial charge on any atom is 0.419 e. The van der Waals surface area contributed by atoms with Crippen LogP contribution in [0.4, 0.5) is 0 Å². The van der Waals surface area contributed by atoms with E-state index in [0.717, 1.165) is 23.4 Å². The molecule has 4 aromatic rings. The standard InChI is InChI=1S/C20H19ClN4O3/c1-2-24-15-6-4-3-5-14(15)23-18(24)12-22-19(26)9-10-25-16-8-7-13(21)11-17(16)28-20(25)27/h3-8,11H,2,9-10,12H2,1H3,(H,22,26). The fraction of sp³-hybridized carbons (Fsp3) is 0.250. The van der Waals surface area contributed by atoms with Crippen LogP contribution in [0.5, 0.6) is 0 Å². The largest absolute Gasteiger partial charge is 0.419 e. The van der Waals surface area contributed by atoms with E-state index in [9.17, 15) is 9.59 Å². The van der Waals surface area contributed by atoms with E-state index in [4.69, 9.17) is 16.0 Å². The van der Waals surface area contributed by atoms with Crippen molar-refractivity contribution in [2.75, 3.05) is 0 Å². The average Bonchev–Trinajstić information content (AvgIpc) is 3.20. The van der Waals surface area contributed by atoms with Crippen LogP contribution in [0.3, 0.4) is 0 Å². The molecule has 0 aliphatic carbocycles. The van der Waals surface area contributed by atoms with Crippen molar-refractivity contribution < 1.29 is 9.21 Å². The van der Waals surface area contributed by atoms with Gasteiger partial charge >= 0.3 is 5.76 Å². The summed E-state index contributed by atoms with van der Waals surface area (Å²) in [6.45, 7) is 3.37. The van der Waals surface area contributed by atoms with E-state index in [-0.39, 0.29) is 18.9 Å². The van der Waals surface area contributed by atoms with Crippen LogP contribution in [-0.4, -0.2) is 20.0 Å². The lowest BCUT2D eigenvalue weighted by Crippen LogP contribution is -2.27. The highest BCUT2D eigenvalue weighted by Gasteiger charge is 2.13. The molecule has 0 aliphatic rings. The SMILES string of the molecule is CCn1c(CNC(=O)CCn2c(=O)oc3cc(Cl)ccc32)nc2ccccc21. The Morgan fingerprint density at radius 2 is 2.00 bits per heavy atom. The summed E-state index contributed by atoms with van der Waals surface area (Å²) >= 11 is 5.92. The zero-order valence-corrected chi connectivity index (χ0v) is 16.1. The van der Waals surface area contributed by atoms with E-state index in [1.807, 2.05) is 31.2 Å². The molecule has 0 saturated heterocycles. The van der Waals surface area contributed by atoms with Crippen LogP contribution in [0, 0.1) is 0 Å². The first-order valence-electron chi connectivity index (χ1n) is 9.06. The second-order valence-electron chi connectivity index (χ2n) is 6.42. The summed E-state index contributed by atoms with van der Waals surface area (Å²) < 4.78 is 8.70. The number of fused-ring (bicyclic) bond motifs is 2. The summed E-state index contributed by atoms with van der Waals surface area (Å²) in [6, 6.07) is 12.9. The van der Waals surface area contributed by atoms with Gasteiger partial charge in [-0.2, -0.15) is 0 Å². The molecule has 2 heterocycles. The van der Waals surface area contributed by atoms with Crippen molar-refractivity contribution in [3.8, 4) is 0 Å². The minimum Gasteiger partial charge on any atom is -0.408 e. The van der Waals surface area contributed by atoms with Gasteiger partial charge in [-0.1, -0.05) is 23.7 Å². The van der Waals surface area contributed by atoms with Gasteiger partial charge in [0.15, 0.2) is 5.58 Å². The summed E-state index contributed by atoms with van der Waals surface area (Å²) in [5, 5.41) is 3.38. The summed E-state index contributed by atoms with van der Waals surface area (Å²) in [7, 11) is 0. The number of halogens is 1. The second kappa shape index (κ2) is 7.52. The number of para-hydroxylation sites is 2. The monoisotopic (exact) mass is 398 g/mol. The lowest BCUT2D eigenvalue weighted by atomic mass is 10.3. The first-order valence-corrected chi connectivity index (χ1v) is 9.44. The molecule has 0 fully saturated rings. The number of carbonyl (C=O) groups excluding carboxylic acids is 1. The number of aryl methyl sites for hydroxylation is 2. The molecule has 2 aromatic heterocycles. The van der Waals surface area contributed by atoms with Gasteiger partial charge in [0.1, 0.15) is 5.82 Å². The number of amides is 1. The number of nitrogens with zero attached hydrogens (tertiary/aromatic N) is 3. The Morgan fingerprint density at radius 3 is 2.82 bits per heavy atom. The van der Waals surface area contributed by atoms with Gasteiger partial charge in [0.2, 0.25) is 5.91 Å². The molecule has 0 bridgehead atoms. The number of imidazole rings is 1. The number of aromatic nitrogens is 3. The Hall–Kier alpha value is -3.06. The minimum absolute atomic E-state index is 0.156. The number of oxazole rings is 1. The van der Waals surface area contributed by atoms with E-state index in [1.165, 1.54) is 4.57 Å². The maximum absolute atomic E-state index is 12.3. The lowest BCUT2D eigenvalue weighted by Gasteiger charge is -2.08. The number of hydrogen-bond donors (Lipinski definition) is 1. The van der Waals surface area contributed by atoms with Crippen LogP contribution >= 0.6 is 11.6 Å². The van der Waals surface area contributed by atoms with Gasteiger partial charge in [-0.05, 0) is 31.2 Å². The molecule has 0 radical (unpaired) electrons. The van der Waals surface area contributed by atoms with Crippen molar-refractivity contribution in [3.63, 3.8) is 0 Å². The predicted octanol–water partition coefficient (Wildman–Crippen LogP) is 3.32. The molecule has 1 N–H and O–H groups in total. The smallest absolute Gasteiger partial charge is 0.408 e. The van der Waals surface area contributed by atoms with Crippen LogP contribution in [0.15, 0.2) is 51.7 Å². The van der Waals surface area contributed by atoms with Crippen LogP contribution in [-0.2, 0) is 24.4 Å². The highest BCUT2D eigenvalue weighted by atomic mass is 35.5. The third-order valence-electron chi connectivity index (χ3n) is 4.69. The molecule has 1 amide bonds. The number of benzene rings is 2. The van der Waals surface area contributed by atoms with E-state index in [1.54, 1.807) is 18.2 Å². The zero-order chi connectivity index (χ0) is 19.7. The molecule has 0 saturated carbocycles. The van der Waals surface area contributed by atoms with Gasteiger partial charge in [-0.3, -0.25) is 9.36 Å². The number of nitrogens with one attached hydrogen (secondary N) is 1. The van der Waals surface area contributed by atoms with Gasteiger partial charge in [0, 0.05) is 30.6 Å². The summed E-state index contributed by atoms with van der Waals surface area (Å²) in [5.74, 6) is 0.139. The first-order chi connectivity index (χ1) is 13.6. The summed E-state index contributed by atoms with van der Waals surface area (Å²) in [4.78, 5) is 28.9. The molecule has 8 heteroatoms. The van der Waals surface area contributed by atoms with Crippen molar-refractivity contribution >= 4 is 39.6 Å².